The molecule has 0 saturated heterocycles. The van der Waals surface area contributed by atoms with Crippen molar-refractivity contribution in [3.8, 4) is 11.5 Å². The standard InChI is InChI=1S/C15H11F3N2O5/c1-24-11-5-2-8(20(22)23)6-12(11)25-7-13(21)19-10-4-3-9(16)14(17)15(10)18/h2-6H,7H2,1H3,(H,19,21). The van der Waals surface area contributed by atoms with Crippen molar-refractivity contribution in [2.24, 2.45) is 0 Å². The number of carbonyl (C=O) groups is 1. The van der Waals surface area contributed by atoms with Crippen LogP contribution in [0.5, 0.6) is 11.5 Å². The second kappa shape index (κ2) is 7.51. The molecule has 2 aromatic rings. The number of anilines is 1. The number of nitrogens with zero attached hydrogens (tertiary/aromatic N) is 1. The van der Waals surface area contributed by atoms with E-state index in [0.29, 0.717) is 6.07 Å². The number of halogens is 3. The van der Waals surface area contributed by atoms with Gasteiger partial charge in [0.05, 0.1) is 23.8 Å². The zero-order valence-electron chi connectivity index (χ0n) is 12.7. The van der Waals surface area contributed by atoms with Crippen LogP contribution in [0.2, 0.25) is 0 Å². The highest BCUT2D eigenvalue weighted by Crippen LogP contribution is 2.31. The van der Waals surface area contributed by atoms with E-state index in [0.717, 1.165) is 12.1 Å². The Labute approximate surface area is 139 Å². The number of hydrogen-bond donors (Lipinski definition) is 1. The number of benzene rings is 2. The van der Waals surface area contributed by atoms with Crippen molar-refractivity contribution in [3.63, 3.8) is 0 Å². The highest BCUT2D eigenvalue weighted by atomic mass is 19.2. The Balaban J connectivity index is 2.09. The van der Waals surface area contributed by atoms with E-state index in [1.165, 1.54) is 19.2 Å². The molecule has 0 saturated carbocycles. The molecule has 0 aliphatic heterocycles. The summed E-state index contributed by atoms with van der Waals surface area (Å²) in [6, 6.07) is 5.01. The molecule has 0 fully saturated rings. The van der Waals surface area contributed by atoms with E-state index in [-0.39, 0.29) is 17.2 Å². The lowest BCUT2D eigenvalue weighted by atomic mass is 10.2. The van der Waals surface area contributed by atoms with Gasteiger partial charge < -0.3 is 14.8 Å². The second-order valence-electron chi connectivity index (χ2n) is 4.65. The molecule has 0 aliphatic carbocycles. The fourth-order valence-corrected chi connectivity index (χ4v) is 1.84. The molecule has 25 heavy (non-hydrogen) atoms. The summed E-state index contributed by atoms with van der Waals surface area (Å²) in [5.41, 5.74) is -0.860. The van der Waals surface area contributed by atoms with Crippen LogP contribution in [0.15, 0.2) is 30.3 Å². The van der Waals surface area contributed by atoms with E-state index >= 15 is 0 Å². The SMILES string of the molecule is COc1ccc([N+](=O)[O-])cc1OCC(=O)Nc1ccc(F)c(F)c1F. The van der Waals surface area contributed by atoms with Gasteiger partial charge in [-0.15, -0.1) is 0 Å². The summed E-state index contributed by atoms with van der Waals surface area (Å²) in [5.74, 6) is -5.51. The summed E-state index contributed by atoms with van der Waals surface area (Å²) in [7, 11) is 1.30. The van der Waals surface area contributed by atoms with Crippen molar-refractivity contribution in [2.45, 2.75) is 0 Å². The molecular formula is C15H11F3N2O5. The zero-order chi connectivity index (χ0) is 18.6. The van der Waals surface area contributed by atoms with Gasteiger partial charge in [0.15, 0.2) is 35.6 Å². The molecule has 1 amide bonds. The summed E-state index contributed by atoms with van der Waals surface area (Å²) < 4.78 is 49.5. The number of non-ortho nitro benzene ring substituents is 1. The molecule has 2 aromatic carbocycles. The van der Waals surface area contributed by atoms with Crippen LogP contribution in [0.3, 0.4) is 0 Å². The van der Waals surface area contributed by atoms with Gasteiger partial charge in [-0.25, -0.2) is 13.2 Å². The minimum absolute atomic E-state index is 0.0855. The lowest BCUT2D eigenvalue weighted by molar-refractivity contribution is -0.385. The molecule has 0 bridgehead atoms. The van der Waals surface area contributed by atoms with Crippen LogP contribution in [0.25, 0.3) is 0 Å². The van der Waals surface area contributed by atoms with Gasteiger partial charge in [0, 0.05) is 6.07 Å². The summed E-state index contributed by atoms with van der Waals surface area (Å²) in [4.78, 5) is 21.8. The van der Waals surface area contributed by atoms with E-state index in [2.05, 4.69) is 0 Å². The predicted octanol–water partition coefficient (Wildman–Crippen LogP) is 3.04. The third kappa shape index (κ3) is 4.16. The fraction of sp³-hybridized carbons (Fsp3) is 0.133. The van der Waals surface area contributed by atoms with Crippen molar-refractivity contribution in [1.82, 2.24) is 0 Å². The Kier molecular flexibility index (Phi) is 5.42. The Hall–Kier alpha value is -3.30. The molecule has 1 N–H and O–H groups in total. The van der Waals surface area contributed by atoms with Gasteiger partial charge in [-0.05, 0) is 18.2 Å². The van der Waals surface area contributed by atoms with E-state index < -0.39 is 40.6 Å². The topological polar surface area (TPSA) is 90.7 Å². The summed E-state index contributed by atoms with van der Waals surface area (Å²) in [5, 5.41) is 12.8. The van der Waals surface area contributed by atoms with E-state index in [1.807, 2.05) is 5.32 Å². The molecule has 10 heteroatoms. The molecule has 0 aliphatic rings. The molecule has 2 rings (SSSR count). The maximum absolute atomic E-state index is 13.5. The van der Waals surface area contributed by atoms with Gasteiger partial charge in [-0.1, -0.05) is 0 Å². The molecule has 0 atom stereocenters. The number of rotatable bonds is 6. The van der Waals surface area contributed by atoms with Gasteiger partial charge in [0.25, 0.3) is 11.6 Å². The normalized spacial score (nSPS) is 10.2. The van der Waals surface area contributed by atoms with E-state index in [4.69, 9.17) is 9.47 Å². The van der Waals surface area contributed by atoms with Crippen LogP contribution in [0.1, 0.15) is 0 Å². The highest BCUT2D eigenvalue weighted by molar-refractivity contribution is 5.92. The summed E-state index contributed by atoms with van der Waals surface area (Å²) in [6.45, 7) is -0.671. The number of nitro benzene ring substituents is 1. The van der Waals surface area contributed by atoms with Crippen molar-refractivity contribution in [1.29, 1.82) is 0 Å². The zero-order valence-corrected chi connectivity index (χ0v) is 12.7. The van der Waals surface area contributed by atoms with Crippen molar-refractivity contribution >= 4 is 17.3 Å². The van der Waals surface area contributed by atoms with Crippen LogP contribution < -0.4 is 14.8 Å². The van der Waals surface area contributed by atoms with Gasteiger partial charge in [0.2, 0.25) is 0 Å². The number of methoxy groups -OCH3 is 1. The van der Waals surface area contributed by atoms with Crippen molar-refractivity contribution in [3.05, 3.63) is 57.9 Å². The number of ether oxygens (including phenoxy) is 2. The number of nitro groups is 1. The smallest absolute Gasteiger partial charge is 0.273 e. The lowest BCUT2D eigenvalue weighted by Gasteiger charge is -2.11. The predicted molar refractivity (Wildman–Crippen MR) is 80.1 cm³/mol. The Morgan fingerprint density at radius 2 is 1.88 bits per heavy atom. The van der Waals surface area contributed by atoms with Crippen molar-refractivity contribution in [2.75, 3.05) is 19.0 Å². The lowest BCUT2D eigenvalue weighted by Crippen LogP contribution is -2.21. The molecule has 132 valence electrons. The number of amides is 1. The van der Waals surface area contributed by atoms with Gasteiger partial charge in [-0.3, -0.25) is 14.9 Å². The highest BCUT2D eigenvalue weighted by Gasteiger charge is 2.17. The van der Waals surface area contributed by atoms with Crippen LogP contribution >= 0.6 is 0 Å². The minimum Gasteiger partial charge on any atom is -0.493 e. The van der Waals surface area contributed by atoms with E-state index in [1.54, 1.807) is 0 Å². The maximum atomic E-state index is 13.5. The quantitative estimate of drug-likeness (QED) is 0.488. The first kappa shape index (κ1) is 18.0. The van der Waals surface area contributed by atoms with Crippen molar-refractivity contribution < 1.29 is 32.4 Å². The largest absolute Gasteiger partial charge is 0.493 e. The fourth-order valence-electron chi connectivity index (χ4n) is 1.84. The molecule has 0 radical (unpaired) electrons. The Morgan fingerprint density at radius 1 is 1.16 bits per heavy atom. The number of nitrogens with one attached hydrogen (secondary N) is 1. The first-order chi connectivity index (χ1) is 11.8. The number of carbonyl (C=O) groups excluding carboxylic acids is 1. The third-order valence-corrected chi connectivity index (χ3v) is 3.03. The minimum atomic E-state index is -1.72. The molecule has 0 spiro atoms. The monoisotopic (exact) mass is 356 g/mol. The van der Waals surface area contributed by atoms with Gasteiger partial charge >= 0.3 is 0 Å². The van der Waals surface area contributed by atoms with Gasteiger partial charge in [0.1, 0.15) is 0 Å². The first-order valence-electron chi connectivity index (χ1n) is 6.72. The molecule has 0 aromatic heterocycles. The number of hydrogen-bond acceptors (Lipinski definition) is 5. The summed E-state index contributed by atoms with van der Waals surface area (Å²) in [6.07, 6.45) is 0. The molecule has 0 heterocycles. The second-order valence-corrected chi connectivity index (χ2v) is 4.65. The van der Waals surface area contributed by atoms with Crippen LogP contribution in [-0.2, 0) is 4.79 Å². The Bertz CT molecular complexity index is 829. The molecular weight excluding hydrogens is 345 g/mol. The van der Waals surface area contributed by atoms with Crippen LogP contribution in [0, 0.1) is 27.6 Å². The van der Waals surface area contributed by atoms with Gasteiger partial charge in [-0.2, -0.15) is 0 Å². The average Bonchev–Trinajstić information content (AvgIpc) is 2.60. The summed E-state index contributed by atoms with van der Waals surface area (Å²) >= 11 is 0. The molecule has 7 nitrogen and oxygen atoms in total. The average molecular weight is 356 g/mol. The van der Waals surface area contributed by atoms with Crippen LogP contribution in [0.4, 0.5) is 24.5 Å². The first-order valence-corrected chi connectivity index (χ1v) is 6.72. The molecule has 0 unspecified atom stereocenters. The Morgan fingerprint density at radius 3 is 2.52 bits per heavy atom. The van der Waals surface area contributed by atoms with Crippen LogP contribution in [-0.4, -0.2) is 24.5 Å². The third-order valence-electron chi connectivity index (χ3n) is 3.03. The van der Waals surface area contributed by atoms with E-state index in [9.17, 15) is 28.1 Å². The maximum Gasteiger partial charge on any atom is 0.273 e.